The molecule has 2 saturated heterocycles. The molecule has 1 aliphatic carbocycles. The van der Waals surface area contributed by atoms with E-state index in [4.69, 9.17) is 28.4 Å². The Bertz CT molecular complexity index is 2370. The van der Waals surface area contributed by atoms with Crippen LogP contribution < -0.4 is 9.44 Å². The summed E-state index contributed by atoms with van der Waals surface area (Å²) >= 11 is 0. The van der Waals surface area contributed by atoms with Gasteiger partial charge in [-0.3, -0.25) is 4.79 Å². The van der Waals surface area contributed by atoms with Crippen LogP contribution in [0.15, 0.2) is 93.8 Å². The second kappa shape index (κ2) is 21.4. The van der Waals surface area contributed by atoms with Crippen LogP contribution in [0.25, 0.3) is 10.4 Å². The monoisotopic (exact) mass is 943 g/mol. The third-order valence-electron chi connectivity index (χ3n) is 12.1. The van der Waals surface area contributed by atoms with Crippen molar-refractivity contribution in [3.05, 3.63) is 106 Å². The van der Waals surface area contributed by atoms with Gasteiger partial charge in [0.25, 0.3) is 0 Å². The van der Waals surface area contributed by atoms with E-state index in [2.05, 4.69) is 19.5 Å². The predicted molar refractivity (Wildman–Crippen MR) is 233 cm³/mol. The highest BCUT2D eigenvalue weighted by molar-refractivity contribution is 7.89. The summed E-state index contributed by atoms with van der Waals surface area (Å²) in [6.07, 6.45) is -10.9. The van der Waals surface area contributed by atoms with E-state index < -0.39 is 118 Å². The summed E-state index contributed by atoms with van der Waals surface area (Å²) in [5.41, 5.74) is 11.5. The number of hydrogen-bond acceptors (Lipinski definition) is 15. The lowest BCUT2D eigenvalue weighted by molar-refractivity contribution is -0.318. The summed E-state index contributed by atoms with van der Waals surface area (Å²) in [6.45, 7) is 9.15. The molecule has 3 aliphatic rings. The fourth-order valence-electron chi connectivity index (χ4n) is 8.23. The minimum absolute atomic E-state index is 0.0756. The molecule has 1 saturated carbocycles. The molecular formula is C44H57N5O14S2. The van der Waals surface area contributed by atoms with Crippen LogP contribution in [0.2, 0.25) is 0 Å². The number of nitrogens with one attached hydrogen (secondary N) is 2. The zero-order chi connectivity index (χ0) is 47.2. The number of sulfonamides is 2. The number of aliphatic hydroxyl groups excluding tert-OH is 2. The molecular weight excluding hydrogens is 887 g/mol. The number of aliphatic hydroxyl groups is 2. The summed E-state index contributed by atoms with van der Waals surface area (Å²) in [7, 11) is -8.25. The molecule has 0 radical (unpaired) electrons. The summed E-state index contributed by atoms with van der Waals surface area (Å²) in [4.78, 5) is 28.2. The van der Waals surface area contributed by atoms with Gasteiger partial charge in [0.05, 0.1) is 45.7 Å². The van der Waals surface area contributed by atoms with E-state index >= 15 is 0 Å². The van der Waals surface area contributed by atoms with Crippen molar-refractivity contribution in [3.8, 4) is 0 Å². The van der Waals surface area contributed by atoms with Gasteiger partial charge >= 0.3 is 11.9 Å². The van der Waals surface area contributed by atoms with Crippen LogP contribution in [-0.2, 0) is 53.3 Å². The van der Waals surface area contributed by atoms with E-state index in [1.807, 2.05) is 13.8 Å². The van der Waals surface area contributed by atoms with Crippen molar-refractivity contribution >= 4 is 32.0 Å². The SMILES string of the molecule is CC(=O)O[C@H]1C(COC(=O)c2ccccc2)O[C@H](O[C@@H]2C(O)C(O[C@H]3OC(CNS(=O)(=O)c4ccc(C)cc4)CCC3C)[C@@H](NS(=O)(=O)c3ccc(C)cc3)C(O)[C@H]2C)C(C)[C@H]1N=[N+]=[N-]. The second-order valence-corrected chi connectivity index (χ2v) is 20.5. The molecule has 354 valence electrons. The van der Waals surface area contributed by atoms with E-state index in [1.54, 1.807) is 68.4 Å². The average molecular weight is 944 g/mol. The number of benzene rings is 3. The summed E-state index contributed by atoms with van der Waals surface area (Å²) < 4.78 is 96.0. The van der Waals surface area contributed by atoms with Crippen molar-refractivity contribution in [2.45, 2.75) is 132 Å². The number of nitrogens with zero attached hydrogens (tertiary/aromatic N) is 3. The van der Waals surface area contributed by atoms with Crippen molar-refractivity contribution in [2.24, 2.45) is 22.9 Å². The molecule has 3 aromatic rings. The van der Waals surface area contributed by atoms with Gasteiger partial charge in [0.15, 0.2) is 12.6 Å². The van der Waals surface area contributed by atoms with Crippen molar-refractivity contribution < 1.29 is 65.1 Å². The fraction of sp³-hybridized carbons (Fsp3) is 0.545. The van der Waals surface area contributed by atoms with Crippen LogP contribution in [0.5, 0.6) is 0 Å². The Labute approximate surface area is 378 Å². The van der Waals surface area contributed by atoms with Gasteiger partial charge in [0.1, 0.15) is 31.0 Å². The lowest BCUT2D eigenvalue weighted by atomic mass is 9.78. The van der Waals surface area contributed by atoms with Crippen LogP contribution in [0.3, 0.4) is 0 Å². The molecule has 0 spiro atoms. The highest BCUT2D eigenvalue weighted by Gasteiger charge is 2.55. The molecule has 21 heteroatoms. The average Bonchev–Trinajstić information content (AvgIpc) is 3.27. The van der Waals surface area contributed by atoms with Gasteiger partial charge in [-0.15, -0.1) is 0 Å². The highest BCUT2D eigenvalue weighted by atomic mass is 32.2. The Morgan fingerprint density at radius 3 is 1.98 bits per heavy atom. The third-order valence-corrected chi connectivity index (χ3v) is 15.0. The molecule has 4 N–H and O–H groups in total. The third kappa shape index (κ3) is 12.1. The molecule has 2 heterocycles. The maximum atomic E-state index is 13.9. The molecule has 3 fully saturated rings. The summed E-state index contributed by atoms with van der Waals surface area (Å²) in [5.74, 6) is -3.70. The fourth-order valence-corrected chi connectivity index (χ4v) is 10.6. The number of azide groups is 1. The first-order valence-corrected chi connectivity index (χ1v) is 24.3. The number of carbonyl (C=O) groups excluding carboxylic acids is 2. The lowest BCUT2D eigenvalue weighted by Gasteiger charge is -2.50. The Balaban J connectivity index is 1.27. The van der Waals surface area contributed by atoms with Crippen molar-refractivity contribution in [1.29, 1.82) is 0 Å². The smallest absolute Gasteiger partial charge is 0.338 e. The molecule has 2 aliphatic heterocycles. The van der Waals surface area contributed by atoms with Gasteiger partial charge in [0.2, 0.25) is 20.0 Å². The molecule has 14 atom stereocenters. The second-order valence-electron chi connectivity index (χ2n) is 17.0. The Morgan fingerprint density at radius 1 is 0.785 bits per heavy atom. The highest BCUT2D eigenvalue weighted by Crippen LogP contribution is 2.39. The number of hydrogen-bond donors (Lipinski definition) is 4. The zero-order valence-electron chi connectivity index (χ0n) is 36.9. The molecule has 3 aromatic carbocycles. The number of ether oxygens (including phenoxy) is 6. The Morgan fingerprint density at radius 2 is 1.38 bits per heavy atom. The van der Waals surface area contributed by atoms with E-state index in [1.165, 1.54) is 31.2 Å². The van der Waals surface area contributed by atoms with Crippen LogP contribution >= 0.6 is 0 Å². The minimum atomic E-state index is -4.35. The lowest BCUT2D eigenvalue weighted by Crippen LogP contribution is -2.68. The van der Waals surface area contributed by atoms with E-state index in [-0.39, 0.29) is 27.8 Å². The van der Waals surface area contributed by atoms with Gasteiger partial charge in [-0.2, -0.15) is 0 Å². The molecule has 6 rings (SSSR count). The van der Waals surface area contributed by atoms with Gasteiger partial charge in [-0.25, -0.2) is 31.1 Å². The summed E-state index contributed by atoms with van der Waals surface area (Å²) in [6, 6.07) is 17.9. The first kappa shape index (κ1) is 49.9. The largest absolute Gasteiger partial charge is 0.459 e. The summed E-state index contributed by atoms with van der Waals surface area (Å²) in [5, 5.41) is 28.3. The van der Waals surface area contributed by atoms with Gasteiger partial charge in [-0.05, 0) is 68.6 Å². The maximum Gasteiger partial charge on any atom is 0.338 e. The van der Waals surface area contributed by atoms with E-state index in [0.29, 0.717) is 12.8 Å². The predicted octanol–water partition coefficient (Wildman–Crippen LogP) is 4.04. The van der Waals surface area contributed by atoms with Crippen LogP contribution in [-0.4, -0.2) is 120 Å². The van der Waals surface area contributed by atoms with Crippen LogP contribution in [0.1, 0.15) is 62.0 Å². The normalized spacial score (nSPS) is 31.9. The maximum absolute atomic E-state index is 13.9. The van der Waals surface area contributed by atoms with Crippen molar-refractivity contribution in [3.63, 3.8) is 0 Å². The zero-order valence-corrected chi connectivity index (χ0v) is 38.5. The molecule has 0 bridgehead atoms. The van der Waals surface area contributed by atoms with Crippen molar-refractivity contribution in [2.75, 3.05) is 13.2 Å². The molecule has 0 amide bonds. The van der Waals surface area contributed by atoms with Gasteiger partial charge in [-0.1, -0.05) is 79.5 Å². The van der Waals surface area contributed by atoms with Crippen molar-refractivity contribution in [1.82, 2.24) is 9.44 Å². The topological polar surface area (TPSA) is 271 Å². The van der Waals surface area contributed by atoms with Crippen LogP contribution in [0, 0.1) is 31.6 Å². The molecule has 19 nitrogen and oxygen atoms in total. The number of carbonyl (C=O) groups is 2. The Hall–Kier alpha value is -4.51. The van der Waals surface area contributed by atoms with E-state index in [0.717, 1.165) is 18.1 Å². The van der Waals surface area contributed by atoms with Gasteiger partial charge in [0, 0.05) is 36.1 Å². The first-order valence-electron chi connectivity index (χ1n) is 21.4. The standard InChI is InChI=1S/C44H57N5O14S2/c1-24-12-18-32(19-13-24)64(54,55)46-22-31-17-16-26(3)43(60-31)63-41-36(48-65(56,57)33-20-14-25(2)15-21-33)37(51)28(5)39(38(41)52)62-44-27(4)35(47-49-45)40(59-29(6)50)34(61-44)23-58-42(53)30-10-8-7-9-11-30/h7-15,18-21,26-28,31,34-41,43-44,46,48,51-52H,16-17,22-23H2,1-6H3/t26?,27?,28-,31?,34?,35-,36+,37?,38?,39+,40+,41?,43-,44-/m1/s1. The number of esters is 2. The Kier molecular flexibility index (Phi) is 16.4. The molecule has 7 unspecified atom stereocenters. The van der Waals surface area contributed by atoms with Gasteiger partial charge < -0.3 is 38.6 Å². The minimum Gasteiger partial charge on any atom is -0.459 e. The molecule has 65 heavy (non-hydrogen) atoms. The van der Waals surface area contributed by atoms with Crippen LogP contribution in [0.4, 0.5) is 0 Å². The van der Waals surface area contributed by atoms with E-state index in [9.17, 15) is 42.2 Å². The molecule has 0 aromatic heterocycles. The number of aryl methyl sites for hydroxylation is 2. The first-order chi connectivity index (χ1) is 30.8. The quantitative estimate of drug-likeness (QED) is 0.0684. The number of rotatable bonds is 16.